The summed E-state index contributed by atoms with van der Waals surface area (Å²) in [6.07, 6.45) is 8.71. The van der Waals surface area contributed by atoms with Gasteiger partial charge in [0.05, 0.1) is 0 Å². The normalized spacial score (nSPS) is 33.4. The first-order valence-electron chi connectivity index (χ1n) is 8.63. The van der Waals surface area contributed by atoms with Crippen molar-refractivity contribution in [1.29, 1.82) is 0 Å². The van der Waals surface area contributed by atoms with Crippen LogP contribution in [0, 0.1) is 23.2 Å². The SMILES string of the molecule is COC1(O)C=CC(NC(=O)C2CC(C)(C)CCC2C(C)C)=CC1. The highest BCUT2D eigenvalue weighted by Crippen LogP contribution is 2.44. The first-order chi connectivity index (χ1) is 10.7. The Morgan fingerprint density at radius 3 is 2.65 bits per heavy atom. The lowest BCUT2D eigenvalue weighted by Gasteiger charge is -2.41. The fourth-order valence-corrected chi connectivity index (χ4v) is 3.78. The fourth-order valence-electron chi connectivity index (χ4n) is 3.78. The van der Waals surface area contributed by atoms with E-state index in [-0.39, 0.29) is 17.2 Å². The zero-order valence-corrected chi connectivity index (χ0v) is 15.1. The molecule has 4 heteroatoms. The standard InChI is InChI=1S/C19H31NO3/c1-13(2)15-8-9-18(3,4)12-16(15)17(21)20-14-6-10-19(22,23-5)11-7-14/h6-7,10,13,15-16,22H,8-9,11-12H2,1-5H3,(H,20,21). The zero-order chi connectivity index (χ0) is 17.3. The Morgan fingerprint density at radius 2 is 2.13 bits per heavy atom. The molecule has 2 aliphatic carbocycles. The van der Waals surface area contributed by atoms with Gasteiger partial charge in [0.2, 0.25) is 5.91 Å². The van der Waals surface area contributed by atoms with Crippen LogP contribution in [0.3, 0.4) is 0 Å². The molecule has 0 aromatic rings. The largest absolute Gasteiger partial charge is 0.362 e. The summed E-state index contributed by atoms with van der Waals surface area (Å²) in [6, 6.07) is 0. The maximum Gasteiger partial charge on any atom is 0.227 e. The Kier molecular flexibility index (Phi) is 5.37. The maximum absolute atomic E-state index is 12.8. The molecule has 1 saturated carbocycles. The minimum absolute atomic E-state index is 0.0521. The predicted molar refractivity (Wildman–Crippen MR) is 91.4 cm³/mol. The van der Waals surface area contributed by atoms with Crippen molar-refractivity contribution < 1.29 is 14.6 Å². The topological polar surface area (TPSA) is 58.6 Å². The molecule has 2 N–H and O–H groups in total. The van der Waals surface area contributed by atoms with Crippen molar-refractivity contribution in [2.75, 3.05) is 7.11 Å². The quantitative estimate of drug-likeness (QED) is 0.780. The van der Waals surface area contributed by atoms with Crippen LogP contribution < -0.4 is 5.32 Å². The van der Waals surface area contributed by atoms with Gasteiger partial charge in [0, 0.05) is 25.1 Å². The molecule has 130 valence electrons. The van der Waals surface area contributed by atoms with Gasteiger partial charge in [-0.15, -0.1) is 0 Å². The van der Waals surface area contributed by atoms with E-state index in [9.17, 15) is 9.90 Å². The lowest BCUT2D eigenvalue weighted by atomic mass is 9.64. The van der Waals surface area contributed by atoms with Crippen LogP contribution in [0.5, 0.6) is 0 Å². The van der Waals surface area contributed by atoms with Crippen LogP contribution in [0.15, 0.2) is 23.9 Å². The Labute approximate surface area is 140 Å². The van der Waals surface area contributed by atoms with Gasteiger partial charge in [-0.3, -0.25) is 4.79 Å². The zero-order valence-electron chi connectivity index (χ0n) is 15.1. The van der Waals surface area contributed by atoms with Gasteiger partial charge in [0.15, 0.2) is 5.79 Å². The summed E-state index contributed by atoms with van der Waals surface area (Å²) in [5, 5.41) is 13.0. The number of rotatable bonds is 4. The van der Waals surface area contributed by atoms with Gasteiger partial charge < -0.3 is 15.2 Å². The van der Waals surface area contributed by atoms with Gasteiger partial charge in [0.1, 0.15) is 0 Å². The Bertz CT molecular complexity index is 507. The van der Waals surface area contributed by atoms with Crippen LogP contribution in [0.25, 0.3) is 0 Å². The molecule has 2 rings (SSSR count). The highest BCUT2D eigenvalue weighted by Gasteiger charge is 2.40. The molecule has 1 fully saturated rings. The van der Waals surface area contributed by atoms with Crippen molar-refractivity contribution in [3.8, 4) is 0 Å². The van der Waals surface area contributed by atoms with E-state index < -0.39 is 5.79 Å². The lowest BCUT2D eigenvalue weighted by Crippen LogP contribution is -2.42. The Balaban J connectivity index is 2.05. The third-order valence-corrected chi connectivity index (χ3v) is 5.40. The minimum Gasteiger partial charge on any atom is -0.362 e. The van der Waals surface area contributed by atoms with E-state index >= 15 is 0 Å². The molecule has 0 aliphatic heterocycles. The highest BCUT2D eigenvalue weighted by atomic mass is 16.6. The Morgan fingerprint density at radius 1 is 1.43 bits per heavy atom. The number of methoxy groups -OCH3 is 1. The summed E-state index contributed by atoms with van der Waals surface area (Å²) >= 11 is 0. The third-order valence-electron chi connectivity index (χ3n) is 5.40. The van der Waals surface area contributed by atoms with E-state index in [0.29, 0.717) is 18.3 Å². The third kappa shape index (κ3) is 4.45. The van der Waals surface area contributed by atoms with Gasteiger partial charge >= 0.3 is 0 Å². The number of allylic oxidation sites excluding steroid dienone is 1. The molecular formula is C19H31NO3. The number of nitrogens with one attached hydrogen (secondary N) is 1. The molecule has 23 heavy (non-hydrogen) atoms. The number of hydrogen-bond donors (Lipinski definition) is 2. The van der Waals surface area contributed by atoms with Gasteiger partial charge in [-0.1, -0.05) is 33.8 Å². The minimum atomic E-state index is -1.25. The summed E-state index contributed by atoms with van der Waals surface area (Å²) in [6.45, 7) is 8.92. The molecule has 4 nitrogen and oxygen atoms in total. The molecule has 0 saturated heterocycles. The average Bonchev–Trinajstić information content (AvgIpc) is 2.48. The molecule has 0 heterocycles. The summed E-state index contributed by atoms with van der Waals surface area (Å²) in [5.74, 6) is -0.142. The molecule has 1 amide bonds. The molecule has 2 aliphatic rings. The number of carbonyl (C=O) groups is 1. The van der Waals surface area contributed by atoms with Crippen molar-refractivity contribution in [3.63, 3.8) is 0 Å². The van der Waals surface area contributed by atoms with Crippen LogP contribution in [0.1, 0.15) is 53.4 Å². The molecule has 3 atom stereocenters. The van der Waals surface area contributed by atoms with Crippen molar-refractivity contribution in [3.05, 3.63) is 23.9 Å². The van der Waals surface area contributed by atoms with E-state index in [0.717, 1.165) is 18.5 Å². The van der Waals surface area contributed by atoms with Crippen molar-refractivity contribution in [1.82, 2.24) is 5.32 Å². The molecule has 0 aromatic carbocycles. The summed E-state index contributed by atoms with van der Waals surface area (Å²) in [7, 11) is 1.47. The monoisotopic (exact) mass is 321 g/mol. The number of hydrogen-bond acceptors (Lipinski definition) is 3. The predicted octanol–water partition coefficient (Wildman–Crippen LogP) is 3.38. The molecule has 0 radical (unpaired) electrons. The molecule has 0 aromatic heterocycles. The van der Waals surface area contributed by atoms with E-state index in [4.69, 9.17) is 4.74 Å². The second-order valence-electron chi connectivity index (χ2n) is 8.16. The van der Waals surface area contributed by atoms with Gasteiger partial charge in [0.25, 0.3) is 0 Å². The van der Waals surface area contributed by atoms with E-state index in [2.05, 4.69) is 33.0 Å². The molecular weight excluding hydrogens is 290 g/mol. The van der Waals surface area contributed by atoms with E-state index in [1.807, 2.05) is 6.08 Å². The van der Waals surface area contributed by atoms with Crippen LogP contribution in [-0.2, 0) is 9.53 Å². The van der Waals surface area contributed by atoms with Crippen LogP contribution in [-0.4, -0.2) is 23.9 Å². The lowest BCUT2D eigenvalue weighted by molar-refractivity contribution is -0.144. The van der Waals surface area contributed by atoms with Crippen LogP contribution >= 0.6 is 0 Å². The smallest absolute Gasteiger partial charge is 0.227 e. The van der Waals surface area contributed by atoms with E-state index in [1.54, 1.807) is 12.2 Å². The highest BCUT2D eigenvalue weighted by molar-refractivity contribution is 5.81. The number of carbonyl (C=O) groups excluding carboxylic acids is 1. The van der Waals surface area contributed by atoms with Crippen LogP contribution in [0.4, 0.5) is 0 Å². The first kappa shape index (κ1) is 18.2. The fraction of sp³-hybridized carbons (Fsp3) is 0.737. The Hall–Kier alpha value is -1.13. The molecule has 0 spiro atoms. The summed E-state index contributed by atoms with van der Waals surface area (Å²) in [4.78, 5) is 12.8. The van der Waals surface area contributed by atoms with Crippen LogP contribution in [0.2, 0.25) is 0 Å². The summed E-state index contributed by atoms with van der Waals surface area (Å²) in [5.41, 5.74) is 0.975. The molecule has 3 unspecified atom stereocenters. The summed E-state index contributed by atoms with van der Waals surface area (Å²) < 4.78 is 5.04. The maximum atomic E-state index is 12.8. The second-order valence-corrected chi connectivity index (χ2v) is 8.16. The van der Waals surface area contributed by atoms with Crippen molar-refractivity contribution in [2.24, 2.45) is 23.2 Å². The molecule has 0 bridgehead atoms. The van der Waals surface area contributed by atoms with Crippen molar-refractivity contribution in [2.45, 2.75) is 59.2 Å². The number of amides is 1. The van der Waals surface area contributed by atoms with Crippen molar-refractivity contribution >= 4 is 5.91 Å². The first-order valence-corrected chi connectivity index (χ1v) is 8.63. The second kappa shape index (κ2) is 6.78. The van der Waals surface area contributed by atoms with Gasteiger partial charge in [-0.05, 0) is 48.7 Å². The van der Waals surface area contributed by atoms with E-state index in [1.165, 1.54) is 13.5 Å². The van der Waals surface area contributed by atoms with Gasteiger partial charge in [-0.25, -0.2) is 0 Å². The number of aliphatic hydroxyl groups is 1. The average molecular weight is 321 g/mol. The van der Waals surface area contributed by atoms with Gasteiger partial charge in [-0.2, -0.15) is 0 Å². The number of ether oxygens (including phenoxy) is 1.